The maximum Gasteiger partial charge on any atom is 0.154 e. The third-order valence-corrected chi connectivity index (χ3v) is 4.04. The van der Waals surface area contributed by atoms with Gasteiger partial charge in [-0.15, -0.1) is 5.10 Å². The molecule has 3 aromatic rings. The Morgan fingerprint density at radius 1 is 1.40 bits per heavy atom. The number of hydrogen-bond donors (Lipinski definition) is 0. The van der Waals surface area contributed by atoms with E-state index in [1.165, 1.54) is 11.5 Å². The Morgan fingerprint density at radius 3 is 3.00 bits per heavy atom. The van der Waals surface area contributed by atoms with E-state index < -0.39 is 0 Å². The van der Waals surface area contributed by atoms with Gasteiger partial charge in [-0.1, -0.05) is 23.9 Å². The zero-order chi connectivity index (χ0) is 14.1. The highest BCUT2D eigenvalue weighted by Crippen LogP contribution is 2.30. The lowest BCUT2D eigenvalue weighted by atomic mass is 10.2. The lowest BCUT2D eigenvalue weighted by Gasteiger charge is -2.00. The molecule has 0 aliphatic carbocycles. The first-order chi connectivity index (χ1) is 9.76. The second-order valence-corrected chi connectivity index (χ2v) is 5.33. The van der Waals surface area contributed by atoms with Crippen LogP contribution in [0.3, 0.4) is 0 Å². The zero-order valence-corrected chi connectivity index (χ0v) is 12.1. The number of nitriles is 1. The van der Waals surface area contributed by atoms with Crippen LogP contribution in [0.15, 0.2) is 18.2 Å². The molecule has 0 saturated carbocycles. The van der Waals surface area contributed by atoms with Crippen molar-refractivity contribution in [1.82, 2.24) is 19.1 Å². The Morgan fingerprint density at radius 2 is 2.25 bits per heavy atom. The largest absolute Gasteiger partial charge is 0.326 e. The number of nitrogens with zero attached hydrogens (tertiary/aromatic N) is 5. The fraction of sp³-hybridized carbons (Fsp3) is 0.286. The van der Waals surface area contributed by atoms with Crippen LogP contribution in [0, 0.1) is 11.3 Å². The maximum absolute atomic E-state index is 9.18. The van der Waals surface area contributed by atoms with E-state index in [9.17, 15) is 5.26 Å². The summed E-state index contributed by atoms with van der Waals surface area (Å²) in [5, 5.41) is 13.4. The summed E-state index contributed by atoms with van der Waals surface area (Å²) >= 11 is 1.36. The van der Waals surface area contributed by atoms with E-state index in [0.29, 0.717) is 5.56 Å². The van der Waals surface area contributed by atoms with Crippen molar-refractivity contribution < 1.29 is 0 Å². The van der Waals surface area contributed by atoms with Crippen LogP contribution >= 0.6 is 11.5 Å². The van der Waals surface area contributed by atoms with Gasteiger partial charge in [0.2, 0.25) is 0 Å². The van der Waals surface area contributed by atoms with Crippen molar-refractivity contribution in [2.45, 2.75) is 19.8 Å². The quantitative estimate of drug-likeness (QED) is 0.741. The summed E-state index contributed by atoms with van der Waals surface area (Å²) < 4.78 is 6.05. The molecule has 20 heavy (non-hydrogen) atoms. The molecule has 0 aliphatic heterocycles. The maximum atomic E-state index is 9.18. The normalized spacial score (nSPS) is 10.8. The predicted octanol–water partition coefficient (Wildman–Crippen LogP) is 2.92. The topological polar surface area (TPSA) is 67.4 Å². The fourth-order valence-electron chi connectivity index (χ4n) is 2.29. The Kier molecular flexibility index (Phi) is 3.20. The van der Waals surface area contributed by atoms with Crippen LogP contribution < -0.4 is 0 Å². The Bertz CT molecular complexity index is 809. The highest BCUT2D eigenvalue weighted by molar-refractivity contribution is 7.09. The molecule has 2 heterocycles. The Balaban J connectivity index is 2.25. The molecule has 1 aromatic carbocycles. The number of rotatable bonds is 3. The van der Waals surface area contributed by atoms with Gasteiger partial charge in [0.05, 0.1) is 16.8 Å². The van der Waals surface area contributed by atoms with Gasteiger partial charge >= 0.3 is 0 Å². The van der Waals surface area contributed by atoms with Crippen LogP contribution in [0.1, 0.15) is 24.6 Å². The molecule has 0 atom stereocenters. The third kappa shape index (κ3) is 1.87. The zero-order valence-electron chi connectivity index (χ0n) is 11.3. The minimum atomic E-state index is 0.596. The molecule has 3 rings (SSSR count). The molecule has 0 bridgehead atoms. The van der Waals surface area contributed by atoms with E-state index in [4.69, 9.17) is 0 Å². The second-order valence-electron chi connectivity index (χ2n) is 4.58. The molecule has 5 nitrogen and oxygen atoms in total. The van der Waals surface area contributed by atoms with Gasteiger partial charge < -0.3 is 4.57 Å². The summed E-state index contributed by atoms with van der Waals surface area (Å²) in [4.78, 5) is 5.63. The number of para-hydroxylation sites is 1. The molecule has 0 aliphatic rings. The van der Waals surface area contributed by atoms with E-state index in [1.54, 1.807) is 6.07 Å². The molecule has 0 saturated heterocycles. The minimum absolute atomic E-state index is 0.596. The van der Waals surface area contributed by atoms with Gasteiger partial charge in [0.15, 0.2) is 5.82 Å². The summed E-state index contributed by atoms with van der Waals surface area (Å²) in [6, 6.07) is 7.83. The second kappa shape index (κ2) is 5.02. The number of fused-ring (bicyclic) bond motifs is 1. The van der Waals surface area contributed by atoms with Crippen molar-refractivity contribution in [2.75, 3.05) is 0 Å². The lowest BCUT2D eigenvalue weighted by Crippen LogP contribution is -1.94. The minimum Gasteiger partial charge on any atom is -0.326 e. The summed E-state index contributed by atoms with van der Waals surface area (Å²) in [5.74, 6) is 0.834. The molecular formula is C14H13N5S. The van der Waals surface area contributed by atoms with Crippen LogP contribution in [0.25, 0.3) is 21.7 Å². The average Bonchev–Trinajstić information content (AvgIpc) is 3.04. The smallest absolute Gasteiger partial charge is 0.154 e. The van der Waals surface area contributed by atoms with E-state index in [1.807, 2.05) is 23.7 Å². The fourth-order valence-corrected chi connectivity index (χ4v) is 3.02. The van der Waals surface area contributed by atoms with Gasteiger partial charge in [-0.3, -0.25) is 0 Å². The standard InChI is InChI=1S/C14H13N5S/c1-3-5-10-13(20-18-17-10)14-16-12-9(8-15)6-4-7-11(12)19(14)2/h4,6-7H,3,5H2,1-2H3. The van der Waals surface area contributed by atoms with Crippen molar-refractivity contribution >= 4 is 22.6 Å². The Hall–Kier alpha value is -2.26. The first kappa shape index (κ1) is 12.8. The van der Waals surface area contributed by atoms with Gasteiger partial charge in [-0.25, -0.2) is 4.98 Å². The SMILES string of the molecule is CCCc1nnsc1-c1nc2c(C#N)cccc2n1C. The molecule has 0 fully saturated rings. The molecule has 0 N–H and O–H groups in total. The van der Waals surface area contributed by atoms with Crippen molar-refractivity contribution in [3.05, 3.63) is 29.5 Å². The molecule has 0 amide bonds. The van der Waals surface area contributed by atoms with Crippen molar-refractivity contribution in [3.8, 4) is 16.8 Å². The number of aryl methyl sites for hydroxylation is 2. The van der Waals surface area contributed by atoms with Crippen LogP contribution in [-0.2, 0) is 13.5 Å². The van der Waals surface area contributed by atoms with E-state index in [2.05, 4.69) is 27.6 Å². The van der Waals surface area contributed by atoms with Gasteiger partial charge in [0.1, 0.15) is 16.5 Å². The van der Waals surface area contributed by atoms with E-state index >= 15 is 0 Å². The summed E-state index contributed by atoms with van der Waals surface area (Å²) in [6.45, 7) is 2.12. The number of benzene rings is 1. The van der Waals surface area contributed by atoms with Crippen LogP contribution in [0.5, 0.6) is 0 Å². The van der Waals surface area contributed by atoms with E-state index in [0.717, 1.165) is 40.3 Å². The van der Waals surface area contributed by atoms with Crippen molar-refractivity contribution in [3.63, 3.8) is 0 Å². The number of aromatic nitrogens is 4. The van der Waals surface area contributed by atoms with Gasteiger partial charge in [-0.05, 0) is 30.1 Å². The molecular weight excluding hydrogens is 270 g/mol. The molecule has 0 unspecified atom stereocenters. The molecule has 6 heteroatoms. The van der Waals surface area contributed by atoms with Crippen LogP contribution in [0.2, 0.25) is 0 Å². The summed E-state index contributed by atoms with van der Waals surface area (Å²) in [5.41, 5.74) is 3.27. The van der Waals surface area contributed by atoms with Gasteiger partial charge in [0, 0.05) is 7.05 Å². The van der Waals surface area contributed by atoms with Crippen LogP contribution in [-0.4, -0.2) is 19.1 Å². The molecule has 100 valence electrons. The third-order valence-electron chi connectivity index (χ3n) is 3.28. The van der Waals surface area contributed by atoms with Gasteiger partial charge in [-0.2, -0.15) is 5.26 Å². The summed E-state index contributed by atoms with van der Waals surface area (Å²) in [7, 11) is 1.96. The van der Waals surface area contributed by atoms with Gasteiger partial charge in [0.25, 0.3) is 0 Å². The molecule has 0 spiro atoms. The monoisotopic (exact) mass is 283 g/mol. The predicted molar refractivity (Wildman–Crippen MR) is 78.3 cm³/mol. The highest BCUT2D eigenvalue weighted by atomic mass is 32.1. The van der Waals surface area contributed by atoms with Crippen LogP contribution in [0.4, 0.5) is 0 Å². The summed E-state index contributed by atoms with van der Waals surface area (Å²) in [6.07, 6.45) is 1.91. The van der Waals surface area contributed by atoms with E-state index in [-0.39, 0.29) is 0 Å². The number of hydrogen-bond acceptors (Lipinski definition) is 5. The van der Waals surface area contributed by atoms with Crippen molar-refractivity contribution in [1.29, 1.82) is 5.26 Å². The Labute approximate surface area is 120 Å². The lowest BCUT2D eigenvalue weighted by molar-refractivity contribution is 0.865. The average molecular weight is 283 g/mol. The number of imidazole rings is 1. The first-order valence-electron chi connectivity index (χ1n) is 6.43. The first-order valence-corrected chi connectivity index (χ1v) is 7.20. The van der Waals surface area contributed by atoms with Crippen molar-refractivity contribution in [2.24, 2.45) is 7.05 Å². The molecule has 0 radical (unpaired) electrons. The highest BCUT2D eigenvalue weighted by Gasteiger charge is 2.18. The molecule has 2 aromatic heterocycles.